The third kappa shape index (κ3) is 3.52. The van der Waals surface area contributed by atoms with Gasteiger partial charge in [-0.25, -0.2) is 4.98 Å². The van der Waals surface area contributed by atoms with Gasteiger partial charge in [0.15, 0.2) is 5.65 Å². The molecule has 0 aliphatic carbocycles. The van der Waals surface area contributed by atoms with E-state index in [1.54, 1.807) is 24.2 Å². The van der Waals surface area contributed by atoms with Crippen LogP contribution >= 0.6 is 0 Å². The van der Waals surface area contributed by atoms with Gasteiger partial charge in [0.25, 0.3) is 5.91 Å². The van der Waals surface area contributed by atoms with E-state index in [4.69, 9.17) is 9.72 Å². The number of benzene rings is 1. The van der Waals surface area contributed by atoms with E-state index in [1.165, 1.54) is 0 Å². The second kappa shape index (κ2) is 7.98. The molecular weight excluding hydrogens is 380 g/mol. The second-order valence-corrected chi connectivity index (χ2v) is 7.06. The summed E-state index contributed by atoms with van der Waals surface area (Å²) in [6.45, 7) is 4.72. The number of fused-ring (bicyclic) bond motifs is 1. The number of hydrogen-bond donors (Lipinski definition) is 1. The third-order valence-corrected chi connectivity index (χ3v) is 5.18. The molecule has 1 N–H and O–H groups in total. The van der Waals surface area contributed by atoms with Gasteiger partial charge < -0.3 is 10.1 Å². The molecule has 1 aromatic carbocycles. The van der Waals surface area contributed by atoms with Crippen LogP contribution in [0.5, 0.6) is 5.75 Å². The second-order valence-electron chi connectivity index (χ2n) is 7.06. The minimum atomic E-state index is -0.190. The average Bonchev–Trinajstić information content (AvgIpc) is 3.40. The molecule has 8 nitrogen and oxygen atoms in total. The fourth-order valence-corrected chi connectivity index (χ4v) is 3.54. The summed E-state index contributed by atoms with van der Waals surface area (Å²) in [6.07, 6.45) is 3.42. The first-order valence-electron chi connectivity index (χ1n) is 9.81. The van der Waals surface area contributed by atoms with Crippen LogP contribution in [0.3, 0.4) is 0 Å². The molecule has 30 heavy (non-hydrogen) atoms. The fourth-order valence-electron chi connectivity index (χ4n) is 3.54. The molecule has 0 aliphatic heterocycles. The molecule has 4 aromatic rings. The van der Waals surface area contributed by atoms with Gasteiger partial charge in [-0.1, -0.05) is 0 Å². The Morgan fingerprint density at radius 2 is 1.97 bits per heavy atom. The zero-order valence-electron chi connectivity index (χ0n) is 17.5. The lowest BCUT2D eigenvalue weighted by Gasteiger charge is -2.16. The van der Waals surface area contributed by atoms with E-state index in [0.717, 1.165) is 23.6 Å². The lowest BCUT2D eigenvalue weighted by Crippen LogP contribution is -2.28. The van der Waals surface area contributed by atoms with Gasteiger partial charge in [-0.05, 0) is 50.2 Å². The number of amides is 1. The predicted molar refractivity (Wildman–Crippen MR) is 114 cm³/mol. The maximum absolute atomic E-state index is 13.2. The summed E-state index contributed by atoms with van der Waals surface area (Å²) >= 11 is 0. The lowest BCUT2D eigenvalue weighted by molar-refractivity contribution is 0.0940. The molecule has 1 atom stereocenters. The standard InChI is InChI=1S/C22H24N6O2/c1-5-28-20(10-11-23-28)14(2)25-22(29)17-12-19(15-6-8-16(30-4)9-7-15)26-21-18(17)13-24-27(21)3/h6-14H,5H2,1-4H3,(H,25,29)/t14-/m1/s1. The van der Waals surface area contributed by atoms with Crippen molar-refractivity contribution in [2.24, 2.45) is 7.05 Å². The van der Waals surface area contributed by atoms with Crippen molar-refractivity contribution in [3.63, 3.8) is 0 Å². The zero-order chi connectivity index (χ0) is 21.3. The van der Waals surface area contributed by atoms with Crippen LogP contribution < -0.4 is 10.1 Å². The third-order valence-electron chi connectivity index (χ3n) is 5.18. The van der Waals surface area contributed by atoms with Crippen molar-refractivity contribution in [1.29, 1.82) is 0 Å². The van der Waals surface area contributed by atoms with Crippen molar-refractivity contribution in [3.05, 3.63) is 60.0 Å². The number of carbonyl (C=O) groups excluding carboxylic acids is 1. The van der Waals surface area contributed by atoms with E-state index in [0.29, 0.717) is 22.3 Å². The van der Waals surface area contributed by atoms with Gasteiger partial charge >= 0.3 is 0 Å². The Morgan fingerprint density at radius 1 is 1.20 bits per heavy atom. The first kappa shape index (κ1) is 19.6. The molecule has 154 valence electrons. The van der Waals surface area contributed by atoms with Crippen molar-refractivity contribution in [2.75, 3.05) is 7.11 Å². The fraction of sp³-hybridized carbons (Fsp3) is 0.273. The Kier molecular flexibility index (Phi) is 5.22. The molecule has 0 saturated carbocycles. The van der Waals surface area contributed by atoms with Crippen molar-refractivity contribution in [3.8, 4) is 17.0 Å². The Morgan fingerprint density at radius 3 is 2.67 bits per heavy atom. The van der Waals surface area contributed by atoms with Crippen LogP contribution in [0.2, 0.25) is 0 Å². The number of pyridine rings is 1. The molecular formula is C22H24N6O2. The smallest absolute Gasteiger partial charge is 0.252 e. The monoisotopic (exact) mass is 404 g/mol. The van der Waals surface area contributed by atoms with Crippen molar-refractivity contribution >= 4 is 16.9 Å². The highest BCUT2D eigenvalue weighted by atomic mass is 16.5. The molecule has 0 radical (unpaired) electrons. The van der Waals surface area contributed by atoms with Gasteiger partial charge in [-0.2, -0.15) is 10.2 Å². The van der Waals surface area contributed by atoms with Gasteiger partial charge in [-0.3, -0.25) is 14.2 Å². The summed E-state index contributed by atoms with van der Waals surface area (Å²) in [7, 11) is 3.44. The summed E-state index contributed by atoms with van der Waals surface area (Å²) < 4.78 is 8.79. The van der Waals surface area contributed by atoms with E-state index in [-0.39, 0.29) is 11.9 Å². The molecule has 3 aromatic heterocycles. The Bertz CT molecular complexity index is 1190. The minimum Gasteiger partial charge on any atom is -0.497 e. The molecule has 0 bridgehead atoms. The van der Waals surface area contributed by atoms with Gasteiger partial charge in [-0.15, -0.1) is 0 Å². The summed E-state index contributed by atoms with van der Waals surface area (Å²) in [5.41, 5.74) is 3.74. The quantitative estimate of drug-likeness (QED) is 0.533. The van der Waals surface area contributed by atoms with Gasteiger partial charge in [0, 0.05) is 25.4 Å². The van der Waals surface area contributed by atoms with Crippen LogP contribution in [-0.2, 0) is 13.6 Å². The number of hydrogen-bond acceptors (Lipinski definition) is 5. The molecule has 8 heteroatoms. The molecule has 0 unspecified atom stereocenters. The SMILES string of the molecule is CCn1nccc1[C@@H](C)NC(=O)c1cc(-c2ccc(OC)cc2)nc2c1cnn2C. The van der Waals surface area contributed by atoms with Crippen molar-refractivity contribution in [1.82, 2.24) is 29.9 Å². The summed E-state index contributed by atoms with van der Waals surface area (Å²) in [4.78, 5) is 18.0. The Labute approximate surface area is 174 Å². The summed E-state index contributed by atoms with van der Waals surface area (Å²) in [5, 5.41) is 12.4. The number of ether oxygens (including phenoxy) is 1. The number of aromatic nitrogens is 5. The van der Waals surface area contributed by atoms with E-state index < -0.39 is 0 Å². The first-order chi connectivity index (χ1) is 14.5. The highest BCUT2D eigenvalue weighted by molar-refractivity contribution is 6.06. The number of methoxy groups -OCH3 is 1. The van der Waals surface area contributed by atoms with Gasteiger partial charge in [0.1, 0.15) is 5.75 Å². The molecule has 3 heterocycles. The maximum atomic E-state index is 13.2. The average molecular weight is 404 g/mol. The van der Waals surface area contributed by atoms with E-state index in [9.17, 15) is 4.79 Å². The van der Waals surface area contributed by atoms with Crippen LogP contribution in [0.15, 0.2) is 48.8 Å². The van der Waals surface area contributed by atoms with E-state index >= 15 is 0 Å². The Balaban J connectivity index is 1.72. The van der Waals surface area contributed by atoms with Gasteiger partial charge in [0.2, 0.25) is 0 Å². The molecule has 0 fully saturated rings. The molecule has 0 spiro atoms. The highest BCUT2D eigenvalue weighted by Crippen LogP contribution is 2.26. The minimum absolute atomic E-state index is 0.179. The van der Waals surface area contributed by atoms with E-state index in [1.807, 2.05) is 62.0 Å². The number of aryl methyl sites for hydroxylation is 2. The highest BCUT2D eigenvalue weighted by Gasteiger charge is 2.20. The molecule has 0 aliphatic rings. The normalized spacial score (nSPS) is 12.1. The van der Waals surface area contributed by atoms with Crippen LogP contribution in [-0.4, -0.2) is 37.6 Å². The van der Waals surface area contributed by atoms with Crippen LogP contribution in [0.4, 0.5) is 0 Å². The van der Waals surface area contributed by atoms with Crippen LogP contribution in [0.25, 0.3) is 22.3 Å². The lowest BCUT2D eigenvalue weighted by atomic mass is 10.1. The molecule has 1 amide bonds. The van der Waals surface area contributed by atoms with Crippen LogP contribution in [0.1, 0.15) is 35.9 Å². The van der Waals surface area contributed by atoms with E-state index in [2.05, 4.69) is 15.5 Å². The summed E-state index contributed by atoms with van der Waals surface area (Å²) in [5.74, 6) is 0.584. The number of nitrogens with zero attached hydrogens (tertiary/aromatic N) is 5. The topological polar surface area (TPSA) is 86.9 Å². The maximum Gasteiger partial charge on any atom is 0.252 e. The Hall–Kier alpha value is -3.68. The van der Waals surface area contributed by atoms with Crippen molar-refractivity contribution in [2.45, 2.75) is 26.4 Å². The zero-order valence-corrected chi connectivity index (χ0v) is 17.5. The largest absolute Gasteiger partial charge is 0.497 e. The molecule has 4 rings (SSSR count). The number of rotatable bonds is 6. The number of nitrogens with one attached hydrogen (secondary N) is 1. The predicted octanol–water partition coefficient (Wildman–Crippen LogP) is 3.35. The molecule has 0 saturated heterocycles. The van der Waals surface area contributed by atoms with Gasteiger partial charge in [0.05, 0.1) is 41.7 Å². The number of carbonyl (C=O) groups is 1. The first-order valence-corrected chi connectivity index (χ1v) is 9.81. The van der Waals surface area contributed by atoms with Crippen molar-refractivity contribution < 1.29 is 9.53 Å². The van der Waals surface area contributed by atoms with Crippen LogP contribution in [0, 0.1) is 0 Å². The summed E-state index contributed by atoms with van der Waals surface area (Å²) in [6, 6.07) is 11.1.